The summed E-state index contributed by atoms with van der Waals surface area (Å²) in [4.78, 5) is 9.70. The maximum Gasteiger partial charge on any atom is 0.0890 e. The Balaban J connectivity index is 2.06. The average molecular weight is 241 g/mol. The summed E-state index contributed by atoms with van der Waals surface area (Å²) in [5.41, 5.74) is 9.07. The topological polar surface area (TPSA) is 51.8 Å². The maximum atomic E-state index is 6.21. The van der Waals surface area contributed by atoms with Gasteiger partial charge in [0.05, 0.1) is 17.1 Å². The molecule has 2 N–H and O–H groups in total. The molecule has 0 radical (unpaired) electrons. The van der Waals surface area contributed by atoms with Crippen LogP contribution in [0.4, 0.5) is 0 Å². The molecule has 84 valence electrons. The number of rotatable bonds is 2. The molecule has 0 fully saturated rings. The molecule has 0 saturated heterocycles. The van der Waals surface area contributed by atoms with Crippen LogP contribution in [-0.2, 0) is 0 Å². The SMILES string of the molecule is NC(c1ccc2nccnc2c1)c1cccs1. The van der Waals surface area contributed by atoms with E-state index in [4.69, 9.17) is 5.73 Å². The Hall–Kier alpha value is -1.78. The number of thiophene rings is 1. The molecule has 1 atom stereocenters. The van der Waals surface area contributed by atoms with Gasteiger partial charge < -0.3 is 5.73 Å². The van der Waals surface area contributed by atoms with Crippen molar-refractivity contribution < 1.29 is 0 Å². The second kappa shape index (κ2) is 4.24. The molecule has 3 rings (SSSR count). The van der Waals surface area contributed by atoms with Crippen molar-refractivity contribution in [2.24, 2.45) is 5.73 Å². The van der Waals surface area contributed by atoms with Crippen LogP contribution in [0.1, 0.15) is 16.5 Å². The molecule has 0 aliphatic rings. The first-order valence-corrected chi connectivity index (χ1v) is 6.22. The lowest BCUT2D eigenvalue weighted by molar-refractivity contribution is 0.895. The summed E-state index contributed by atoms with van der Waals surface area (Å²) in [7, 11) is 0. The lowest BCUT2D eigenvalue weighted by Gasteiger charge is -2.10. The number of hydrogen-bond donors (Lipinski definition) is 1. The third-order valence-electron chi connectivity index (χ3n) is 2.70. The van der Waals surface area contributed by atoms with Crippen LogP contribution in [0.5, 0.6) is 0 Å². The van der Waals surface area contributed by atoms with E-state index in [2.05, 4.69) is 16.0 Å². The first-order valence-electron chi connectivity index (χ1n) is 5.34. The number of hydrogen-bond acceptors (Lipinski definition) is 4. The van der Waals surface area contributed by atoms with Gasteiger partial charge in [0.1, 0.15) is 0 Å². The van der Waals surface area contributed by atoms with Gasteiger partial charge in [-0.25, -0.2) is 0 Å². The van der Waals surface area contributed by atoms with Crippen LogP contribution < -0.4 is 5.73 Å². The smallest absolute Gasteiger partial charge is 0.0890 e. The van der Waals surface area contributed by atoms with Gasteiger partial charge in [-0.2, -0.15) is 0 Å². The molecule has 3 nitrogen and oxygen atoms in total. The van der Waals surface area contributed by atoms with Crippen molar-refractivity contribution >= 4 is 22.4 Å². The Morgan fingerprint density at radius 3 is 2.65 bits per heavy atom. The van der Waals surface area contributed by atoms with E-state index in [-0.39, 0.29) is 6.04 Å². The van der Waals surface area contributed by atoms with Gasteiger partial charge in [0.25, 0.3) is 0 Å². The normalized spacial score (nSPS) is 12.8. The molecule has 0 aliphatic carbocycles. The van der Waals surface area contributed by atoms with E-state index >= 15 is 0 Å². The standard InChI is InChI=1S/C13H11N3S/c14-13(12-2-1-7-17-12)9-3-4-10-11(8-9)16-6-5-15-10/h1-8,13H,14H2. The fraction of sp³-hybridized carbons (Fsp3) is 0.0769. The minimum Gasteiger partial charge on any atom is -0.320 e. The van der Waals surface area contributed by atoms with Crippen LogP contribution in [0.2, 0.25) is 0 Å². The highest BCUT2D eigenvalue weighted by molar-refractivity contribution is 7.10. The summed E-state index contributed by atoms with van der Waals surface area (Å²) >= 11 is 1.67. The van der Waals surface area contributed by atoms with Gasteiger partial charge in [-0.1, -0.05) is 12.1 Å². The Morgan fingerprint density at radius 2 is 1.88 bits per heavy atom. The van der Waals surface area contributed by atoms with E-state index in [9.17, 15) is 0 Å². The zero-order valence-corrected chi connectivity index (χ0v) is 9.89. The summed E-state index contributed by atoms with van der Waals surface area (Å²) < 4.78 is 0. The van der Waals surface area contributed by atoms with E-state index in [0.29, 0.717) is 0 Å². The summed E-state index contributed by atoms with van der Waals surface area (Å²) in [5, 5.41) is 2.04. The molecule has 0 spiro atoms. The second-order valence-corrected chi connectivity index (χ2v) is 4.78. The Bertz CT molecular complexity index is 634. The van der Waals surface area contributed by atoms with Crippen LogP contribution in [0.15, 0.2) is 48.1 Å². The van der Waals surface area contributed by atoms with Gasteiger partial charge in [-0.3, -0.25) is 9.97 Å². The fourth-order valence-electron chi connectivity index (χ4n) is 1.81. The molecule has 0 saturated carbocycles. The monoisotopic (exact) mass is 241 g/mol. The lowest BCUT2D eigenvalue weighted by Crippen LogP contribution is -2.10. The molecule has 4 heteroatoms. The van der Waals surface area contributed by atoms with Crippen molar-refractivity contribution in [3.8, 4) is 0 Å². The number of fused-ring (bicyclic) bond motifs is 1. The molecular formula is C13H11N3S. The van der Waals surface area contributed by atoms with Gasteiger partial charge in [0.2, 0.25) is 0 Å². The zero-order chi connectivity index (χ0) is 11.7. The van der Waals surface area contributed by atoms with Crippen molar-refractivity contribution in [1.29, 1.82) is 0 Å². The van der Waals surface area contributed by atoms with E-state index in [0.717, 1.165) is 21.5 Å². The maximum absolute atomic E-state index is 6.21. The summed E-state index contributed by atoms with van der Waals surface area (Å²) in [6, 6.07) is 9.97. The molecule has 1 aromatic carbocycles. The lowest BCUT2D eigenvalue weighted by atomic mass is 10.1. The summed E-state index contributed by atoms with van der Waals surface area (Å²) in [6.07, 6.45) is 3.39. The minimum atomic E-state index is -0.0820. The third-order valence-corrected chi connectivity index (χ3v) is 3.66. The van der Waals surface area contributed by atoms with Gasteiger partial charge in [-0.05, 0) is 29.1 Å². The molecule has 0 amide bonds. The Labute approximate surface area is 103 Å². The number of nitrogens with two attached hydrogens (primary N) is 1. The molecule has 1 unspecified atom stereocenters. The van der Waals surface area contributed by atoms with Crippen LogP contribution >= 0.6 is 11.3 Å². The Kier molecular flexibility index (Phi) is 2.59. The van der Waals surface area contributed by atoms with Crippen molar-refractivity contribution in [3.63, 3.8) is 0 Å². The number of nitrogens with zero attached hydrogens (tertiary/aromatic N) is 2. The van der Waals surface area contributed by atoms with Crippen LogP contribution in [0.3, 0.4) is 0 Å². The highest BCUT2D eigenvalue weighted by atomic mass is 32.1. The van der Waals surface area contributed by atoms with Gasteiger partial charge in [0.15, 0.2) is 0 Å². The number of benzene rings is 1. The van der Waals surface area contributed by atoms with E-state index in [1.807, 2.05) is 29.6 Å². The first-order chi connectivity index (χ1) is 8.34. The predicted octanol–water partition coefficient (Wildman–Crippen LogP) is 2.74. The van der Waals surface area contributed by atoms with Crippen molar-refractivity contribution in [1.82, 2.24) is 9.97 Å². The third kappa shape index (κ3) is 1.92. The molecule has 2 heterocycles. The van der Waals surface area contributed by atoms with Crippen molar-refractivity contribution in [2.45, 2.75) is 6.04 Å². The van der Waals surface area contributed by atoms with Crippen molar-refractivity contribution in [3.05, 3.63) is 58.5 Å². The first kappa shape index (κ1) is 10.4. The quantitative estimate of drug-likeness (QED) is 0.750. The van der Waals surface area contributed by atoms with Crippen LogP contribution in [0.25, 0.3) is 11.0 Å². The average Bonchev–Trinajstić information content (AvgIpc) is 2.91. The molecule has 2 aromatic heterocycles. The van der Waals surface area contributed by atoms with Gasteiger partial charge in [-0.15, -0.1) is 11.3 Å². The van der Waals surface area contributed by atoms with Gasteiger partial charge >= 0.3 is 0 Å². The molecule has 17 heavy (non-hydrogen) atoms. The molecular weight excluding hydrogens is 230 g/mol. The van der Waals surface area contributed by atoms with E-state index in [1.165, 1.54) is 0 Å². The second-order valence-electron chi connectivity index (χ2n) is 3.80. The predicted molar refractivity (Wildman–Crippen MR) is 69.9 cm³/mol. The minimum absolute atomic E-state index is 0.0820. The highest BCUT2D eigenvalue weighted by Crippen LogP contribution is 2.25. The van der Waals surface area contributed by atoms with Crippen LogP contribution in [-0.4, -0.2) is 9.97 Å². The van der Waals surface area contributed by atoms with Gasteiger partial charge in [0, 0.05) is 17.3 Å². The summed E-state index contributed by atoms with van der Waals surface area (Å²) in [5.74, 6) is 0. The largest absolute Gasteiger partial charge is 0.320 e. The van der Waals surface area contributed by atoms with Crippen LogP contribution in [0, 0.1) is 0 Å². The van der Waals surface area contributed by atoms with E-state index < -0.39 is 0 Å². The number of aromatic nitrogens is 2. The zero-order valence-electron chi connectivity index (χ0n) is 9.08. The molecule has 3 aromatic rings. The van der Waals surface area contributed by atoms with Crippen molar-refractivity contribution in [2.75, 3.05) is 0 Å². The highest BCUT2D eigenvalue weighted by Gasteiger charge is 2.10. The fourth-order valence-corrected chi connectivity index (χ4v) is 2.56. The Morgan fingerprint density at radius 1 is 1.06 bits per heavy atom. The molecule has 0 aliphatic heterocycles. The van der Waals surface area contributed by atoms with E-state index in [1.54, 1.807) is 23.7 Å². The summed E-state index contributed by atoms with van der Waals surface area (Å²) in [6.45, 7) is 0. The molecule has 0 bridgehead atoms.